The molecule has 0 spiro atoms. The summed E-state index contributed by atoms with van der Waals surface area (Å²) in [6, 6.07) is 2.18. The Bertz CT molecular complexity index is 1200. The molecule has 0 radical (unpaired) electrons. The minimum Gasteiger partial charge on any atom is -0.461 e. The van der Waals surface area contributed by atoms with Crippen molar-refractivity contribution in [3.63, 3.8) is 0 Å². The van der Waals surface area contributed by atoms with Gasteiger partial charge in [0.2, 0.25) is 0 Å². The SMILES string of the molecule is CC(C)(C)OC(=O)N1[C@@H]2CC[C@H]1CN(c1nc(OCC34CCCN3CCC4)nc3nc(Cl)c(Cl)cc13)C2. The molecule has 4 aliphatic heterocycles. The summed E-state index contributed by atoms with van der Waals surface area (Å²) < 4.78 is 12.0. The van der Waals surface area contributed by atoms with Crippen LogP contribution in [0.25, 0.3) is 11.0 Å². The number of amides is 1. The van der Waals surface area contributed by atoms with E-state index in [0.717, 1.165) is 50.0 Å². The molecule has 0 aliphatic carbocycles. The highest BCUT2D eigenvalue weighted by molar-refractivity contribution is 6.41. The van der Waals surface area contributed by atoms with Crippen LogP contribution in [0.15, 0.2) is 6.07 Å². The van der Waals surface area contributed by atoms with Crippen LogP contribution in [0.1, 0.15) is 59.3 Å². The number of halogens is 2. The molecule has 4 saturated heterocycles. The molecule has 4 fully saturated rings. The maximum absolute atomic E-state index is 13.0. The fourth-order valence-corrected chi connectivity index (χ4v) is 6.91. The Kier molecular flexibility index (Phi) is 6.31. The number of nitrogens with zero attached hydrogens (tertiary/aromatic N) is 6. The van der Waals surface area contributed by atoms with Crippen molar-refractivity contribution >= 4 is 46.1 Å². The van der Waals surface area contributed by atoms with E-state index < -0.39 is 5.60 Å². The Labute approximate surface area is 227 Å². The van der Waals surface area contributed by atoms with Crippen LogP contribution in [0.4, 0.5) is 10.6 Å². The molecule has 1 amide bonds. The third-order valence-electron chi connectivity index (χ3n) is 8.22. The van der Waals surface area contributed by atoms with E-state index in [4.69, 9.17) is 37.7 Å². The first kappa shape index (κ1) is 25.2. The number of fused-ring (bicyclic) bond motifs is 4. The van der Waals surface area contributed by atoms with Gasteiger partial charge < -0.3 is 14.4 Å². The molecule has 11 heteroatoms. The summed E-state index contributed by atoms with van der Waals surface area (Å²) >= 11 is 12.6. The first-order chi connectivity index (χ1) is 17.6. The van der Waals surface area contributed by atoms with Crippen molar-refractivity contribution in [2.45, 2.75) is 82.5 Å². The number of ether oxygens (including phenoxy) is 2. The number of hydrogen-bond donors (Lipinski definition) is 0. The predicted octanol–water partition coefficient (Wildman–Crippen LogP) is 4.93. The zero-order valence-electron chi connectivity index (χ0n) is 21.7. The van der Waals surface area contributed by atoms with E-state index in [2.05, 4.69) is 19.8 Å². The molecule has 0 saturated carbocycles. The molecule has 9 nitrogen and oxygen atoms in total. The van der Waals surface area contributed by atoms with Crippen LogP contribution in [0.3, 0.4) is 0 Å². The second-order valence-electron chi connectivity index (χ2n) is 11.8. The van der Waals surface area contributed by atoms with Gasteiger partial charge in [-0.25, -0.2) is 9.78 Å². The van der Waals surface area contributed by atoms with E-state index in [-0.39, 0.29) is 28.9 Å². The molecule has 2 aromatic rings. The Morgan fingerprint density at radius 2 is 1.76 bits per heavy atom. The van der Waals surface area contributed by atoms with Crippen molar-refractivity contribution < 1.29 is 14.3 Å². The van der Waals surface area contributed by atoms with Crippen molar-refractivity contribution in [2.24, 2.45) is 0 Å². The first-order valence-electron chi connectivity index (χ1n) is 13.3. The Morgan fingerprint density at radius 3 is 2.41 bits per heavy atom. The van der Waals surface area contributed by atoms with Gasteiger partial charge in [-0.05, 0) is 78.5 Å². The second-order valence-corrected chi connectivity index (χ2v) is 12.6. The molecule has 37 heavy (non-hydrogen) atoms. The molecule has 2 aromatic heterocycles. The maximum atomic E-state index is 13.0. The lowest BCUT2D eigenvalue weighted by Crippen LogP contribution is -2.57. The number of carbonyl (C=O) groups excluding carboxylic acids is 1. The predicted molar refractivity (Wildman–Crippen MR) is 143 cm³/mol. The minimum atomic E-state index is -0.530. The van der Waals surface area contributed by atoms with Gasteiger partial charge >= 0.3 is 12.1 Å². The van der Waals surface area contributed by atoms with Gasteiger partial charge in [-0.1, -0.05) is 23.2 Å². The summed E-state index contributed by atoms with van der Waals surface area (Å²) in [5.74, 6) is 0.721. The molecule has 200 valence electrons. The number of piperazine rings is 1. The molecule has 2 atom stereocenters. The topological polar surface area (TPSA) is 83.9 Å². The quantitative estimate of drug-likeness (QED) is 0.497. The third-order valence-corrected chi connectivity index (χ3v) is 8.90. The summed E-state index contributed by atoms with van der Waals surface area (Å²) in [6.07, 6.45) is 6.30. The summed E-state index contributed by atoms with van der Waals surface area (Å²) in [5, 5.41) is 1.29. The highest BCUT2D eigenvalue weighted by Crippen LogP contribution is 2.40. The lowest BCUT2D eigenvalue weighted by Gasteiger charge is -2.42. The van der Waals surface area contributed by atoms with Gasteiger partial charge in [0.1, 0.15) is 23.2 Å². The fraction of sp³-hybridized carbons (Fsp3) is 0.692. The average Bonchev–Trinajstić information content (AvgIpc) is 3.48. The van der Waals surface area contributed by atoms with Crippen LogP contribution in [-0.4, -0.2) is 86.9 Å². The number of hydrogen-bond acceptors (Lipinski definition) is 8. The number of aromatic nitrogens is 3. The van der Waals surface area contributed by atoms with Gasteiger partial charge in [-0.15, -0.1) is 0 Å². The molecule has 4 aliphatic rings. The van der Waals surface area contributed by atoms with Gasteiger partial charge in [0.15, 0.2) is 5.65 Å². The van der Waals surface area contributed by atoms with E-state index in [0.29, 0.717) is 36.4 Å². The van der Waals surface area contributed by atoms with Crippen LogP contribution < -0.4 is 9.64 Å². The zero-order chi connectivity index (χ0) is 25.9. The number of pyridine rings is 1. The van der Waals surface area contributed by atoms with Gasteiger partial charge in [-0.2, -0.15) is 9.97 Å². The average molecular weight is 550 g/mol. The zero-order valence-corrected chi connectivity index (χ0v) is 23.2. The summed E-state index contributed by atoms with van der Waals surface area (Å²) in [6.45, 7) is 9.80. The van der Waals surface area contributed by atoms with Crippen LogP contribution in [0.5, 0.6) is 6.01 Å². The Balaban J connectivity index is 1.29. The summed E-state index contributed by atoms with van der Waals surface area (Å²) in [5.41, 5.74) is 0.0170. The Hall–Kier alpha value is -2.10. The highest BCUT2D eigenvalue weighted by Gasteiger charge is 2.46. The van der Waals surface area contributed by atoms with Crippen molar-refractivity contribution in [1.82, 2.24) is 24.8 Å². The molecule has 6 heterocycles. The smallest absolute Gasteiger partial charge is 0.410 e. The molecule has 0 aromatic carbocycles. The van der Waals surface area contributed by atoms with Crippen molar-refractivity contribution in [2.75, 3.05) is 37.7 Å². The minimum absolute atomic E-state index is 0.0446. The van der Waals surface area contributed by atoms with Crippen LogP contribution in [0.2, 0.25) is 10.2 Å². The highest BCUT2D eigenvalue weighted by atomic mass is 35.5. The molecular formula is C26H34Cl2N6O3. The van der Waals surface area contributed by atoms with E-state index >= 15 is 0 Å². The standard InChI is InChI=1S/C26H34Cl2N6O3/c1-25(2,3)37-24(35)34-16-6-7-17(34)14-32(13-16)22-18-12-19(27)20(28)29-21(18)30-23(31-22)36-15-26-8-4-10-33(26)11-5-9-26/h12,16-17H,4-11,13-15H2,1-3H3/t16-,17+. The molecule has 6 rings (SSSR count). The van der Waals surface area contributed by atoms with E-state index in [1.165, 1.54) is 12.8 Å². The van der Waals surface area contributed by atoms with Gasteiger partial charge in [0.25, 0.3) is 0 Å². The lowest BCUT2D eigenvalue weighted by atomic mass is 9.95. The molecule has 2 bridgehead atoms. The van der Waals surface area contributed by atoms with Crippen molar-refractivity contribution in [3.05, 3.63) is 16.2 Å². The number of rotatable bonds is 4. The normalized spacial score (nSPS) is 25.1. The fourth-order valence-electron chi connectivity index (χ4n) is 6.63. The van der Waals surface area contributed by atoms with Crippen molar-refractivity contribution in [1.29, 1.82) is 0 Å². The van der Waals surface area contributed by atoms with Gasteiger partial charge in [0, 0.05) is 13.1 Å². The van der Waals surface area contributed by atoms with Gasteiger partial charge in [0.05, 0.1) is 28.0 Å². The second kappa shape index (κ2) is 9.27. The molecule has 0 unspecified atom stereocenters. The Morgan fingerprint density at radius 1 is 1.08 bits per heavy atom. The largest absolute Gasteiger partial charge is 0.461 e. The van der Waals surface area contributed by atoms with E-state index in [9.17, 15) is 4.79 Å². The third kappa shape index (κ3) is 4.68. The van der Waals surface area contributed by atoms with Crippen LogP contribution in [-0.2, 0) is 4.74 Å². The van der Waals surface area contributed by atoms with Gasteiger partial charge in [-0.3, -0.25) is 9.80 Å². The van der Waals surface area contributed by atoms with Crippen LogP contribution >= 0.6 is 23.2 Å². The van der Waals surface area contributed by atoms with Crippen molar-refractivity contribution in [3.8, 4) is 6.01 Å². The number of carbonyl (C=O) groups is 1. The maximum Gasteiger partial charge on any atom is 0.410 e. The van der Waals surface area contributed by atoms with E-state index in [1.54, 1.807) is 6.07 Å². The van der Waals surface area contributed by atoms with Crippen LogP contribution in [0, 0.1) is 0 Å². The monoisotopic (exact) mass is 548 g/mol. The summed E-state index contributed by atoms with van der Waals surface area (Å²) in [4.78, 5) is 33.6. The molecular weight excluding hydrogens is 515 g/mol. The van der Waals surface area contributed by atoms with E-state index in [1.807, 2.05) is 25.7 Å². The number of anilines is 1. The molecule has 0 N–H and O–H groups in total. The summed E-state index contributed by atoms with van der Waals surface area (Å²) in [7, 11) is 0. The lowest BCUT2D eigenvalue weighted by molar-refractivity contribution is 0.0122. The first-order valence-corrected chi connectivity index (χ1v) is 14.1.